The van der Waals surface area contributed by atoms with Crippen molar-refractivity contribution in [2.45, 2.75) is 0 Å². The molecule has 0 aliphatic rings. The first-order valence-corrected chi connectivity index (χ1v) is 3.41. The van der Waals surface area contributed by atoms with E-state index in [9.17, 15) is 4.39 Å². The largest absolute Gasteiger partial charge is 1.00 e. The standard InChI is InChI=1S/C8H5FN3.Li/c9-8-2-1-6(3-11-8)7-4-10-5-12-7;/h1-5H;/q-1;+1. The minimum atomic E-state index is -0.488. The van der Waals surface area contributed by atoms with Crippen molar-refractivity contribution in [1.29, 1.82) is 0 Å². The van der Waals surface area contributed by atoms with Gasteiger partial charge < -0.3 is 9.97 Å². The molecule has 0 atom stereocenters. The second-order valence-electron chi connectivity index (χ2n) is 2.28. The Morgan fingerprint density at radius 3 is 2.62 bits per heavy atom. The van der Waals surface area contributed by atoms with Gasteiger partial charge in [0.25, 0.3) is 0 Å². The average Bonchev–Trinajstić information content (AvgIpc) is 2.58. The Balaban J connectivity index is 0.000000845. The van der Waals surface area contributed by atoms with Gasteiger partial charge in [0.15, 0.2) is 0 Å². The molecule has 13 heavy (non-hydrogen) atoms. The molecular weight excluding hydrogens is 164 g/mol. The molecule has 2 aromatic rings. The van der Waals surface area contributed by atoms with E-state index in [-0.39, 0.29) is 18.9 Å². The summed E-state index contributed by atoms with van der Waals surface area (Å²) in [5.74, 6) is -0.488. The van der Waals surface area contributed by atoms with Crippen molar-refractivity contribution in [3.8, 4) is 11.3 Å². The molecule has 0 aromatic carbocycles. The summed E-state index contributed by atoms with van der Waals surface area (Å²) in [4.78, 5) is 11.2. The number of aromatic nitrogens is 3. The van der Waals surface area contributed by atoms with Gasteiger partial charge in [-0.3, -0.25) is 0 Å². The van der Waals surface area contributed by atoms with Crippen LogP contribution in [0.2, 0.25) is 0 Å². The number of imidazole rings is 1. The Hall–Kier alpha value is -1.11. The summed E-state index contributed by atoms with van der Waals surface area (Å²) in [5, 5.41) is 0. The molecule has 0 N–H and O–H groups in total. The van der Waals surface area contributed by atoms with Crippen molar-refractivity contribution < 1.29 is 23.3 Å². The molecule has 0 amide bonds. The molecule has 0 radical (unpaired) electrons. The first kappa shape index (κ1) is 9.97. The van der Waals surface area contributed by atoms with E-state index in [4.69, 9.17) is 0 Å². The van der Waals surface area contributed by atoms with Crippen LogP contribution >= 0.6 is 0 Å². The first-order chi connectivity index (χ1) is 5.86. The Morgan fingerprint density at radius 1 is 1.23 bits per heavy atom. The third kappa shape index (κ3) is 2.17. The van der Waals surface area contributed by atoms with E-state index in [1.165, 1.54) is 18.6 Å². The molecule has 5 heteroatoms. The molecule has 3 nitrogen and oxygen atoms in total. The van der Waals surface area contributed by atoms with Crippen LogP contribution in [0.1, 0.15) is 0 Å². The van der Waals surface area contributed by atoms with Crippen LogP contribution in [0.4, 0.5) is 4.39 Å². The van der Waals surface area contributed by atoms with Crippen LogP contribution in [0, 0.1) is 5.95 Å². The van der Waals surface area contributed by atoms with Gasteiger partial charge in [-0.1, -0.05) is 12.5 Å². The van der Waals surface area contributed by atoms with Crippen LogP contribution in [0.5, 0.6) is 0 Å². The predicted octanol–water partition coefficient (Wildman–Crippen LogP) is -1.76. The summed E-state index contributed by atoms with van der Waals surface area (Å²) in [6.07, 6.45) is 4.48. The van der Waals surface area contributed by atoms with Crippen molar-refractivity contribution in [3.05, 3.63) is 36.8 Å². The van der Waals surface area contributed by atoms with Crippen LogP contribution in [-0.2, 0) is 0 Å². The monoisotopic (exact) mass is 169 g/mol. The van der Waals surface area contributed by atoms with Crippen molar-refractivity contribution >= 4 is 0 Å². The molecular formula is C8H5FLiN3. The molecule has 0 spiro atoms. The Bertz CT molecular complexity index is 357. The van der Waals surface area contributed by atoms with E-state index in [1.54, 1.807) is 12.3 Å². The fourth-order valence-corrected chi connectivity index (χ4v) is 0.909. The molecule has 2 aromatic heterocycles. The molecule has 60 valence electrons. The smallest absolute Gasteiger partial charge is 0.449 e. The molecule has 0 unspecified atom stereocenters. The fraction of sp³-hybridized carbons (Fsp3) is 0. The van der Waals surface area contributed by atoms with E-state index in [0.29, 0.717) is 5.69 Å². The zero-order valence-corrected chi connectivity index (χ0v) is 7.11. The number of hydrogen-bond acceptors (Lipinski definition) is 2. The summed E-state index contributed by atoms with van der Waals surface area (Å²) >= 11 is 0. The topological polar surface area (TPSA) is 39.9 Å². The van der Waals surface area contributed by atoms with Gasteiger partial charge in [0, 0.05) is 6.20 Å². The van der Waals surface area contributed by atoms with Gasteiger partial charge in [0.2, 0.25) is 5.95 Å². The predicted molar refractivity (Wildman–Crippen MR) is 40.7 cm³/mol. The van der Waals surface area contributed by atoms with Crippen molar-refractivity contribution in [2.75, 3.05) is 0 Å². The second-order valence-corrected chi connectivity index (χ2v) is 2.28. The van der Waals surface area contributed by atoms with Gasteiger partial charge in [0.1, 0.15) is 0 Å². The summed E-state index contributed by atoms with van der Waals surface area (Å²) < 4.78 is 12.4. The Labute approximate surface area is 86.6 Å². The molecule has 0 saturated carbocycles. The van der Waals surface area contributed by atoms with Crippen LogP contribution in [0.25, 0.3) is 11.3 Å². The maximum atomic E-state index is 12.4. The van der Waals surface area contributed by atoms with Crippen LogP contribution in [0.3, 0.4) is 0 Å². The normalized spacial score (nSPS) is 9.31. The second kappa shape index (κ2) is 4.22. The zero-order chi connectivity index (χ0) is 8.39. The Morgan fingerprint density at radius 2 is 2.08 bits per heavy atom. The van der Waals surface area contributed by atoms with Gasteiger partial charge in [0.05, 0.1) is 0 Å². The van der Waals surface area contributed by atoms with Crippen LogP contribution in [0.15, 0.2) is 30.9 Å². The molecule has 0 bridgehead atoms. The van der Waals surface area contributed by atoms with E-state index >= 15 is 0 Å². The number of pyridine rings is 1. The molecule has 2 rings (SSSR count). The van der Waals surface area contributed by atoms with Gasteiger partial charge in [-0.2, -0.15) is 4.39 Å². The first-order valence-electron chi connectivity index (χ1n) is 3.41. The van der Waals surface area contributed by atoms with Gasteiger partial charge in [-0.15, -0.1) is 0 Å². The van der Waals surface area contributed by atoms with Crippen molar-refractivity contribution in [3.63, 3.8) is 0 Å². The number of hydrogen-bond donors (Lipinski definition) is 0. The maximum absolute atomic E-state index is 12.4. The zero-order valence-electron chi connectivity index (χ0n) is 7.11. The average molecular weight is 169 g/mol. The van der Waals surface area contributed by atoms with Crippen molar-refractivity contribution in [2.24, 2.45) is 0 Å². The van der Waals surface area contributed by atoms with Gasteiger partial charge in [-0.05, 0) is 23.4 Å². The van der Waals surface area contributed by atoms with E-state index < -0.39 is 5.95 Å². The van der Waals surface area contributed by atoms with E-state index in [0.717, 1.165) is 5.56 Å². The van der Waals surface area contributed by atoms with Crippen LogP contribution in [-0.4, -0.2) is 9.97 Å². The quantitative estimate of drug-likeness (QED) is 0.375. The minimum absolute atomic E-state index is 0. The number of halogens is 1. The molecule has 0 aliphatic carbocycles. The van der Waals surface area contributed by atoms with E-state index in [2.05, 4.69) is 15.0 Å². The number of rotatable bonds is 1. The minimum Gasteiger partial charge on any atom is -0.449 e. The summed E-state index contributed by atoms with van der Waals surface area (Å²) in [7, 11) is 0. The molecule has 0 saturated heterocycles. The summed E-state index contributed by atoms with van der Waals surface area (Å²) in [6, 6.07) is 2.91. The summed E-state index contributed by atoms with van der Waals surface area (Å²) in [5.41, 5.74) is 1.48. The molecule has 2 heterocycles. The molecule has 0 fully saturated rings. The van der Waals surface area contributed by atoms with Gasteiger partial charge in [-0.25, -0.2) is 4.98 Å². The number of nitrogens with zero attached hydrogens (tertiary/aromatic N) is 3. The summed E-state index contributed by atoms with van der Waals surface area (Å²) in [6.45, 7) is 0. The van der Waals surface area contributed by atoms with Gasteiger partial charge >= 0.3 is 18.9 Å². The fourth-order valence-electron chi connectivity index (χ4n) is 0.909. The third-order valence-corrected chi connectivity index (χ3v) is 1.48. The molecule has 0 aliphatic heterocycles. The SMILES string of the molecule is Fc1ccc(-c2c[n-]cn2)cn1.[Li+]. The van der Waals surface area contributed by atoms with Crippen molar-refractivity contribution in [1.82, 2.24) is 15.0 Å². The van der Waals surface area contributed by atoms with Crippen LogP contribution < -0.4 is 23.8 Å². The third-order valence-electron chi connectivity index (χ3n) is 1.48. The van der Waals surface area contributed by atoms with E-state index in [1.807, 2.05) is 0 Å². The Kier molecular flexibility index (Phi) is 3.23. The maximum Gasteiger partial charge on any atom is 1.00 e.